The highest BCUT2D eigenvalue weighted by atomic mass is 16.2. The average Bonchev–Trinajstić information content (AvgIpc) is 2.60. The van der Waals surface area contributed by atoms with Crippen LogP contribution in [0.25, 0.3) is 0 Å². The average molecular weight is 315 g/mol. The maximum absolute atomic E-state index is 12.6. The van der Waals surface area contributed by atoms with Gasteiger partial charge in [0.15, 0.2) is 0 Å². The highest BCUT2D eigenvalue weighted by Gasteiger charge is 2.31. The fraction of sp³-hybridized carbons (Fsp3) is 0.556. The van der Waals surface area contributed by atoms with Crippen molar-refractivity contribution in [2.45, 2.75) is 38.3 Å². The predicted molar refractivity (Wildman–Crippen MR) is 88.7 cm³/mol. The Kier molecular flexibility index (Phi) is 5.28. The largest absolute Gasteiger partial charge is 0.343 e. The van der Waals surface area contributed by atoms with Crippen LogP contribution in [-0.2, 0) is 16.1 Å². The van der Waals surface area contributed by atoms with Crippen molar-refractivity contribution in [2.75, 3.05) is 26.2 Å². The third-order valence-corrected chi connectivity index (χ3v) is 4.69. The van der Waals surface area contributed by atoms with E-state index in [9.17, 15) is 9.59 Å². The third kappa shape index (κ3) is 4.10. The molecular weight excluding hydrogens is 290 g/mol. The molecule has 2 fully saturated rings. The molecular formula is C18H25N3O2. The van der Waals surface area contributed by atoms with Crippen molar-refractivity contribution in [3.63, 3.8) is 0 Å². The van der Waals surface area contributed by atoms with E-state index in [4.69, 9.17) is 0 Å². The maximum atomic E-state index is 12.6. The molecule has 1 unspecified atom stereocenters. The molecule has 2 amide bonds. The summed E-state index contributed by atoms with van der Waals surface area (Å²) >= 11 is 0. The smallest absolute Gasteiger partial charge is 0.240 e. The zero-order valence-electron chi connectivity index (χ0n) is 13.5. The Hall–Kier alpha value is -1.88. The van der Waals surface area contributed by atoms with Gasteiger partial charge in [-0.05, 0) is 24.8 Å². The number of piperazine rings is 1. The maximum Gasteiger partial charge on any atom is 0.240 e. The molecule has 1 N–H and O–H groups in total. The molecule has 23 heavy (non-hydrogen) atoms. The van der Waals surface area contributed by atoms with Gasteiger partial charge in [0.25, 0.3) is 0 Å². The second kappa shape index (κ2) is 7.59. The summed E-state index contributed by atoms with van der Waals surface area (Å²) in [5.41, 5.74) is 1.13. The highest BCUT2D eigenvalue weighted by Crippen LogP contribution is 2.14. The van der Waals surface area contributed by atoms with Gasteiger partial charge < -0.3 is 15.1 Å². The number of carbonyl (C=O) groups is 2. The number of benzene rings is 1. The van der Waals surface area contributed by atoms with E-state index in [1.54, 1.807) is 0 Å². The van der Waals surface area contributed by atoms with Crippen LogP contribution in [0, 0.1) is 0 Å². The quantitative estimate of drug-likeness (QED) is 0.913. The minimum absolute atomic E-state index is 0.0467. The van der Waals surface area contributed by atoms with Gasteiger partial charge in [0.2, 0.25) is 11.8 Å². The number of amides is 2. The lowest BCUT2D eigenvalue weighted by molar-refractivity contribution is -0.141. The van der Waals surface area contributed by atoms with Crippen LogP contribution in [0.2, 0.25) is 0 Å². The van der Waals surface area contributed by atoms with Gasteiger partial charge in [0, 0.05) is 32.7 Å². The second-order valence-electron chi connectivity index (χ2n) is 6.40. The molecule has 0 bridgehead atoms. The lowest BCUT2D eigenvalue weighted by atomic mass is 10.1. The van der Waals surface area contributed by atoms with Crippen molar-refractivity contribution in [1.29, 1.82) is 0 Å². The Balaban J connectivity index is 1.57. The molecule has 0 saturated carbocycles. The first kappa shape index (κ1) is 16.0. The summed E-state index contributed by atoms with van der Waals surface area (Å²) in [6, 6.07) is 9.64. The van der Waals surface area contributed by atoms with E-state index in [2.05, 4.69) is 5.32 Å². The van der Waals surface area contributed by atoms with Crippen molar-refractivity contribution in [2.24, 2.45) is 0 Å². The molecule has 1 aromatic carbocycles. The molecule has 1 aromatic rings. The number of hydrogen-bond donors (Lipinski definition) is 1. The first-order valence-corrected chi connectivity index (χ1v) is 8.58. The number of carbonyl (C=O) groups excluding carboxylic acids is 2. The van der Waals surface area contributed by atoms with Gasteiger partial charge in [-0.3, -0.25) is 9.59 Å². The van der Waals surface area contributed by atoms with Crippen molar-refractivity contribution in [3.8, 4) is 0 Å². The zero-order valence-corrected chi connectivity index (χ0v) is 13.5. The van der Waals surface area contributed by atoms with Gasteiger partial charge in [0.05, 0.1) is 12.5 Å². The van der Waals surface area contributed by atoms with Crippen molar-refractivity contribution in [1.82, 2.24) is 15.1 Å². The number of nitrogens with one attached hydrogen (secondary N) is 1. The normalized spacial score (nSPS) is 22.3. The van der Waals surface area contributed by atoms with Gasteiger partial charge >= 0.3 is 0 Å². The van der Waals surface area contributed by atoms with E-state index >= 15 is 0 Å². The van der Waals surface area contributed by atoms with E-state index in [0.29, 0.717) is 13.1 Å². The fourth-order valence-electron chi connectivity index (χ4n) is 3.36. The Morgan fingerprint density at radius 1 is 1.09 bits per heavy atom. The summed E-state index contributed by atoms with van der Waals surface area (Å²) in [5, 5.41) is 3.22. The van der Waals surface area contributed by atoms with E-state index < -0.39 is 0 Å². The molecule has 2 aliphatic rings. The molecule has 0 aromatic heterocycles. The monoisotopic (exact) mass is 315 g/mol. The number of hydrogen-bond acceptors (Lipinski definition) is 3. The molecule has 1 atom stereocenters. The van der Waals surface area contributed by atoms with Crippen LogP contribution < -0.4 is 5.32 Å². The summed E-state index contributed by atoms with van der Waals surface area (Å²) in [5.74, 6) is 0.155. The van der Waals surface area contributed by atoms with E-state index in [0.717, 1.165) is 38.0 Å². The van der Waals surface area contributed by atoms with Crippen LogP contribution in [0.15, 0.2) is 30.3 Å². The topological polar surface area (TPSA) is 52.7 Å². The molecule has 0 aliphatic carbocycles. The highest BCUT2D eigenvalue weighted by molar-refractivity contribution is 5.89. The molecule has 5 nitrogen and oxygen atoms in total. The lowest BCUT2D eigenvalue weighted by Gasteiger charge is -2.34. The van der Waals surface area contributed by atoms with Crippen molar-refractivity contribution >= 4 is 11.8 Å². The third-order valence-electron chi connectivity index (χ3n) is 4.69. The lowest BCUT2D eigenvalue weighted by Crippen LogP contribution is -2.56. The fourth-order valence-corrected chi connectivity index (χ4v) is 3.36. The molecule has 124 valence electrons. The Labute approximate surface area is 137 Å². The van der Waals surface area contributed by atoms with Crippen LogP contribution in [0.3, 0.4) is 0 Å². The van der Waals surface area contributed by atoms with Gasteiger partial charge in [0.1, 0.15) is 0 Å². The van der Waals surface area contributed by atoms with Gasteiger partial charge in [-0.25, -0.2) is 0 Å². The zero-order chi connectivity index (χ0) is 16.1. The Bertz CT molecular complexity index is 540. The van der Waals surface area contributed by atoms with Gasteiger partial charge in [-0.15, -0.1) is 0 Å². The van der Waals surface area contributed by atoms with Crippen molar-refractivity contribution in [3.05, 3.63) is 35.9 Å². The minimum Gasteiger partial charge on any atom is -0.343 e. The number of rotatable bonds is 4. The standard InChI is InChI=1S/C18H25N3O2/c22-17(20-10-5-2-6-11-20)13-16-18(23)21(12-9-19-16)14-15-7-3-1-4-8-15/h1,3-4,7-8,16,19H,2,5-6,9-14H2. The molecule has 0 spiro atoms. The first-order chi connectivity index (χ1) is 11.2. The van der Waals surface area contributed by atoms with Crippen LogP contribution in [0.5, 0.6) is 0 Å². The summed E-state index contributed by atoms with van der Waals surface area (Å²) in [6.07, 6.45) is 3.65. The first-order valence-electron chi connectivity index (χ1n) is 8.58. The Morgan fingerprint density at radius 3 is 2.57 bits per heavy atom. The number of piperidine rings is 1. The molecule has 2 aliphatic heterocycles. The van der Waals surface area contributed by atoms with Crippen LogP contribution in [-0.4, -0.2) is 53.8 Å². The summed E-state index contributed by atoms with van der Waals surface area (Å²) in [7, 11) is 0. The summed E-state index contributed by atoms with van der Waals surface area (Å²) in [4.78, 5) is 28.8. The molecule has 2 saturated heterocycles. The summed E-state index contributed by atoms with van der Waals surface area (Å²) < 4.78 is 0. The second-order valence-corrected chi connectivity index (χ2v) is 6.40. The predicted octanol–water partition coefficient (Wildman–Crippen LogP) is 1.39. The van der Waals surface area contributed by atoms with E-state index in [1.807, 2.05) is 40.1 Å². The SMILES string of the molecule is O=C(CC1NCCN(Cc2ccccc2)C1=O)N1CCCCC1. The Morgan fingerprint density at radius 2 is 1.83 bits per heavy atom. The molecule has 2 heterocycles. The van der Waals surface area contributed by atoms with Crippen molar-refractivity contribution < 1.29 is 9.59 Å². The van der Waals surface area contributed by atoms with Crippen LogP contribution in [0.4, 0.5) is 0 Å². The molecule has 3 rings (SSSR count). The summed E-state index contributed by atoms with van der Waals surface area (Å²) in [6.45, 7) is 3.75. The number of likely N-dealkylation sites (tertiary alicyclic amines) is 1. The van der Waals surface area contributed by atoms with Gasteiger partial charge in [-0.1, -0.05) is 30.3 Å². The molecule has 0 radical (unpaired) electrons. The number of nitrogens with zero attached hydrogens (tertiary/aromatic N) is 2. The van der Waals surface area contributed by atoms with Gasteiger partial charge in [-0.2, -0.15) is 0 Å². The van der Waals surface area contributed by atoms with Crippen LogP contribution >= 0.6 is 0 Å². The van der Waals surface area contributed by atoms with E-state index in [-0.39, 0.29) is 24.3 Å². The van der Waals surface area contributed by atoms with E-state index in [1.165, 1.54) is 6.42 Å². The van der Waals surface area contributed by atoms with Crippen LogP contribution in [0.1, 0.15) is 31.2 Å². The molecule has 5 heteroatoms. The minimum atomic E-state index is -0.373.